The lowest BCUT2D eigenvalue weighted by molar-refractivity contribution is -0.120. The molecule has 0 aromatic carbocycles. The summed E-state index contributed by atoms with van der Waals surface area (Å²) in [4.78, 5) is 12.0. The number of carbonyl (C=O) groups is 1. The summed E-state index contributed by atoms with van der Waals surface area (Å²) in [6.07, 6.45) is 4.70. The van der Waals surface area contributed by atoms with Gasteiger partial charge < -0.3 is 13.3 Å². The maximum atomic E-state index is 12.0. The SMILES string of the molecule is CCC=CC(C)C(=O)[Si](OC)(OC)OC. The maximum Gasteiger partial charge on any atom is 0.574 e. The third-order valence-corrected chi connectivity index (χ3v) is 4.85. The summed E-state index contributed by atoms with van der Waals surface area (Å²) in [5.74, 6) is -0.239. The van der Waals surface area contributed by atoms with Crippen LogP contribution in [0.4, 0.5) is 0 Å². The first-order valence-corrected chi connectivity index (χ1v) is 6.66. The molecule has 0 aliphatic carbocycles. The van der Waals surface area contributed by atoms with E-state index in [1.165, 1.54) is 21.3 Å². The van der Waals surface area contributed by atoms with Gasteiger partial charge in [-0.05, 0) is 6.42 Å². The molecule has 0 aromatic rings. The summed E-state index contributed by atoms with van der Waals surface area (Å²) in [5, 5.41) is -0.111. The van der Waals surface area contributed by atoms with E-state index in [0.717, 1.165) is 6.42 Å². The van der Waals surface area contributed by atoms with Crippen molar-refractivity contribution in [2.75, 3.05) is 21.3 Å². The lowest BCUT2D eigenvalue weighted by atomic mass is 10.2. The zero-order chi connectivity index (χ0) is 11.9. The molecule has 0 aliphatic heterocycles. The number of hydrogen-bond donors (Lipinski definition) is 0. The molecule has 1 unspecified atom stereocenters. The highest BCUT2D eigenvalue weighted by Crippen LogP contribution is 2.14. The summed E-state index contributed by atoms with van der Waals surface area (Å²) in [7, 11) is 1.19. The number of carbonyl (C=O) groups excluding carboxylic acids is 1. The minimum atomic E-state index is -3.12. The number of rotatable bonds is 7. The number of allylic oxidation sites excluding steroid dienone is 2. The van der Waals surface area contributed by atoms with Crippen LogP contribution >= 0.6 is 0 Å². The Morgan fingerprint density at radius 3 is 2.07 bits per heavy atom. The fraction of sp³-hybridized carbons (Fsp3) is 0.700. The van der Waals surface area contributed by atoms with Gasteiger partial charge in [0.2, 0.25) is 5.41 Å². The monoisotopic (exact) mass is 232 g/mol. The molecule has 0 fully saturated rings. The Balaban J connectivity index is 4.70. The standard InChI is InChI=1S/C10H20O4Si/c1-6-7-8-9(2)10(11)15(12-3,13-4)14-5/h7-9H,6H2,1-5H3. The molecule has 0 rings (SSSR count). The second-order valence-corrected chi connectivity index (χ2v) is 5.99. The van der Waals surface area contributed by atoms with Gasteiger partial charge in [-0.1, -0.05) is 26.0 Å². The van der Waals surface area contributed by atoms with Crippen LogP contribution in [-0.2, 0) is 18.1 Å². The summed E-state index contributed by atoms with van der Waals surface area (Å²) in [6.45, 7) is 3.83. The highest BCUT2D eigenvalue weighted by Gasteiger charge is 2.49. The molecule has 0 radical (unpaired) electrons. The topological polar surface area (TPSA) is 44.8 Å². The van der Waals surface area contributed by atoms with Crippen LogP contribution in [0.2, 0.25) is 0 Å². The van der Waals surface area contributed by atoms with E-state index in [1.807, 2.05) is 26.0 Å². The molecule has 0 saturated heterocycles. The van der Waals surface area contributed by atoms with E-state index in [9.17, 15) is 4.79 Å². The van der Waals surface area contributed by atoms with Crippen molar-refractivity contribution in [3.05, 3.63) is 12.2 Å². The molecule has 0 heterocycles. The van der Waals surface area contributed by atoms with Crippen molar-refractivity contribution in [2.45, 2.75) is 20.3 Å². The molecule has 0 aromatic heterocycles. The average Bonchev–Trinajstić information content (AvgIpc) is 2.28. The maximum absolute atomic E-state index is 12.0. The van der Waals surface area contributed by atoms with Crippen molar-refractivity contribution in [3.8, 4) is 0 Å². The van der Waals surface area contributed by atoms with Crippen molar-refractivity contribution < 1.29 is 18.1 Å². The molecule has 15 heavy (non-hydrogen) atoms. The molecule has 0 aliphatic rings. The zero-order valence-corrected chi connectivity index (χ0v) is 11.1. The van der Waals surface area contributed by atoms with E-state index < -0.39 is 8.80 Å². The Morgan fingerprint density at radius 1 is 1.27 bits per heavy atom. The van der Waals surface area contributed by atoms with Crippen molar-refractivity contribution in [1.82, 2.24) is 0 Å². The lowest BCUT2D eigenvalue weighted by Crippen LogP contribution is -2.53. The summed E-state index contributed by atoms with van der Waals surface area (Å²) in [6, 6.07) is 0. The van der Waals surface area contributed by atoms with Gasteiger partial charge in [0, 0.05) is 27.2 Å². The Hall–Kier alpha value is -0.493. The van der Waals surface area contributed by atoms with Crippen LogP contribution in [0.3, 0.4) is 0 Å². The highest BCUT2D eigenvalue weighted by atomic mass is 28.4. The van der Waals surface area contributed by atoms with E-state index in [4.69, 9.17) is 13.3 Å². The van der Waals surface area contributed by atoms with Crippen molar-refractivity contribution in [1.29, 1.82) is 0 Å². The van der Waals surface area contributed by atoms with E-state index >= 15 is 0 Å². The normalized spacial score (nSPS) is 14.5. The van der Waals surface area contributed by atoms with E-state index in [0.29, 0.717) is 0 Å². The van der Waals surface area contributed by atoms with Gasteiger partial charge in [-0.2, -0.15) is 0 Å². The first kappa shape index (κ1) is 14.5. The summed E-state index contributed by atoms with van der Waals surface area (Å²) in [5.41, 5.74) is 0. The van der Waals surface area contributed by atoms with E-state index in [-0.39, 0.29) is 11.3 Å². The predicted molar refractivity (Wildman–Crippen MR) is 60.4 cm³/mol. The Morgan fingerprint density at radius 2 is 1.73 bits per heavy atom. The average molecular weight is 232 g/mol. The minimum absolute atomic E-state index is 0.111. The molecular weight excluding hydrogens is 212 g/mol. The Bertz CT molecular complexity index is 215. The molecule has 0 N–H and O–H groups in total. The van der Waals surface area contributed by atoms with E-state index in [1.54, 1.807) is 0 Å². The van der Waals surface area contributed by atoms with Gasteiger partial charge in [-0.25, -0.2) is 0 Å². The van der Waals surface area contributed by atoms with Gasteiger partial charge in [0.1, 0.15) is 0 Å². The van der Waals surface area contributed by atoms with Gasteiger partial charge >= 0.3 is 8.80 Å². The molecule has 0 saturated carbocycles. The molecular formula is C10H20O4Si. The molecule has 0 amide bonds. The van der Waals surface area contributed by atoms with Gasteiger partial charge in [-0.15, -0.1) is 0 Å². The summed E-state index contributed by atoms with van der Waals surface area (Å²) < 4.78 is 15.3. The lowest BCUT2D eigenvalue weighted by Gasteiger charge is -2.24. The molecule has 88 valence electrons. The molecule has 1 atom stereocenters. The first-order valence-electron chi connectivity index (χ1n) is 4.94. The van der Waals surface area contributed by atoms with Crippen molar-refractivity contribution >= 4 is 14.2 Å². The van der Waals surface area contributed by atoms with Crippen LogP contribution in [-0.4, -0.2) is 35.5 Å². The molecule has 5 heteroatoms. The number of hydrogen-bond acceptors (Lipinski definition) is 4. The quantitative estimate of drug-likeness (QED) is 0.494. The van der Waals surface area contributed by atoms with Crippen LogP contribution < -0.4 is 0 Å². The van der Waals surface area contributed by atoms with Gasteiger partial charge in [0.15, 0.2) is 0 Å². The van der Waals surface area contributed by atoms with Crippen LogP contribution in [0, 0.1) is 5.92 Å². The van der Waals surface area contributed by atoms with E-state index in [2.05, 4.69) is 0 Å². The smallest absolute Gasteiger partial charge is 0.372 e. The second-order valence-electron chi connectivity index (χ2n) is 3.16. The van der Waals surface area contributed by atoms with Crippen LogP contribution in [0.15, 0.2) is 12.2 Å². The minimum Gasteiger partial charge on any atom is -0.372 e. The van der Waals surface area contributed by atoms with Crippen LogP contribution in [0.5, 0.6) is 0 Å². The Kier molecular flexibility index (Phi) is 6.67. The predicted octanol–water partition coefficient (Wildman–Crippen LogP) is 1.58. The third kappa shape index (κ3) is 3.53. The first-order chi connectivity index (χ1) is 7.07. The molecule has 0 bridgehead atoms. The van der Waals surface area contributed by atoms with Crippen molar-refractivity contribution in [2.24, 2.45) is 5.92 Å². The van der Waals surface area contributed by atoms with Gasteiger partial charge in [-0.3, -0.25) is 4.79 Å². The Labute approximate surface area is 92.6 Å². The largest absolute Gasteiger partial charge is 0.574 e. The fourth-order valence-electron chi connectivity index (χ4n) is 1.26. The highest BCUT2D eigenvalue weighted by molar-refractivity contribution is 6.92. The molecule has 4 nitrogen and oxygen atoms in total. The fourth-order valence-corrected chi connectivity index (χ4v) is 3.02. The van der Waals surface area contributed by atoms with Crippen LogP contribution in [0.25, 0.3) is 0 Å². The van der Waals surface area contributed by atoms with Crippen molar-refractivity contribution in [3.63, 3.8) is 0 Å². The second kappa shape index (κ2) is 6.89. The third-order valence-electron chi connectivity index (χ3n) is 2.18. The van der Waals surface area contributed by atoms with Gasteiger partial charge in [0.05, 0.1) is 0 Å². The van der Waals surface area contributed by atoms with Gasteiger partial charge in [0.25, 0.3) is 0 Å². The zero-order valence-electron chi connectivity index (χ0n) is 10.1. The summed E-state index contributed by atoms with van der Waals surface area (Å²) >= 11 is 0. The van der Waals surface area contributed by atoms with Crippen LogP contribution in [0.1, 0.15) is 20.3 Å². The molecule has 0 spiro atoms.